The van der Waals surface area contributed by atoms with Gasteiger partial charge in [0.1, 0.15) is 5.84 Å². The second kappa shape index (κ2) is 13.0. The Labute approximate surface area is 287 Å². The molecule has 6 rings (SSSR count). The first-order valence-corrected chi connectivity index (χ1v) is 15.6. The summed E-state index contributed by atoms with van der Waals surface area (Å²) in [6.07, 6.45) is 0.523. The summed E-state index contributed by atoms with van der Waals surface area (Å²) in [7, 11) is 0. The molecule has 2 amide bonds. The maximum absolute atomic E-state index is 13.5. The molecular weight excluding hydrogens is 634 g/mol. The van der Waals surface area contributed by atoms with Crippen molar-refractivity contribution in [2.75, 3.05) is 10.6 Å². The molecule has 2 unspecified atom stereocenters. The molecule has 0 bridgehead atoms. The van der Waals surface area contributed by atoms with Gasteiger partial charge in [-0.2, -0.15) is 0 Å². The normalized spacial score (nSPS) is 16.4. The monoisotopic (exact) mass is 667 g/mol. The van der Waals surface area contributed by atoms with Crippen LogP contribution in [0, 0.1) is 5.41 Å². The van der Waals surface area contributed by atoms with Gasteiger partial charge in [-0.05, 0) is 101 Å². The van der Waals surface area contributed by atoms with Crippen LogP contribution in [-0.4, -0.2) is 39.8 Å². The van der Waals surface area contributed by atoms with Crippen molar-refractivity contribution in [3.8, 4) is 11.1 Å². The number of carbonyl (C=O) groups is 4. The lowest BCUT2D eigenvalue weighted by Crippen LogP contribution is -2.35. The van der Waals surface area contributed by atoms with Gasteiger partial charge in [0.2, 0.25) is 5.91 Å². The third-order valence-electron chi connectivity index (χ3n) is 9.11. The molecule has 0 radical (unpaired) electrons. The van der Waals surface area contributed by atoms with Gasteiger partial charge in [0, 0.05) is 33.5 Å². The van der Waals surface area contributed by atoms with Crippen LogP contribution in [0.4, 0.5) is 11.4 Å². The van der Waals surface area contributed by atoms with Crippen LogP contribution in [0.1, 0.15) is 83.1 Å². The fraction of sp³-hybridized carbons (Fsp3) is 0.103. The van der Waals surface area contributed by atoms with E-state index in [9.17, 15) is 29.4 Å². The number of aromatic carboxylic acids is 2. The molecule has 11 heteroatoms. The molecule has 11 nitrogen and oxygen atoms in total. The maximum atomic E-state index is 13.5. The highest BCUT2D eigenvalue weighted by Gasteiger charge is 2.39. The van der Waals surface area contributed by atoms with E-state index < -0.39 is 29.2 Å². The predicted octanol–water partition coefficient (Wildman–Crippen LogP) is 6.25. The van der Waals surface area contributed by atoms with Crippen LogP contribution in [-0.2, 0) is 5.41 Å². The van der Waals surface area contributed by atoms with Crippen molar-refractivity contribution in [3.05, 3.63) is 154 Å². The summed E-state index contributed by atoms with van der Waals surface area (Å²) in [5, 5.41) is 34.1. The summed E-state index contributed by atoms with van der Waals surface area (Å²) >= 11 is 0. The van der Waals surface area contributed by atoms with E-state index in [1.807, 2.05) is 48.5 Å². The van der Waals surface area contributed by atoms with Gasteiger partial charge in [-0.1, -0.05) is 49.4 Å². The minimum absolute atomic E-state index is 0.0308. The topological polar surface area (TPSA) is 209 Å². The van der Waals surface area contributed by atoms with Gasteiger partial charge in [0.05, 0.1) is 17.2 Å². The largest absolute Gasteiger partial charge is 0.478 e. The summed E-state index contributed by atoms with van der Waals surface area (Å²) in [5.74, 6) is -3.84. The van der Waals surface area contributed by atoms with Gasteiger partial charge in [-0.3, -0.25) is 15.0 Å². The smallest absolute Gasteiger partial charge is 0.336 e. The Morgan fingerprint density at radius 3 is 2.18 bits per heavy atom. The number of hydrogen-bond acceptors (Lipinski definition) is 6. The van der Waals surface area contributed by atoms with Crippen LogP contribution >= 0.6 is 0 Å². The quantitative estimate of drug-likeness (QED) is 0.0704. The zero-order valence-electron chi connectivity index (χ0n) is 26.9. The second-order valence-electron chi connectivity index (χ2n) is 12.4. The average Bonchev–Trinajstić information content (AvgIpc) is 3.11. The second-order valence-corrected chi connectivity index (χ2v) is 12.4. The van der Waals surface area contributed by atoms with Gasteiger partial charge in [-0.25, -0.2) is 9.59 Å². The SMILES string of the molecule is CC1(c2ccccc2)CC(c2cc(NC(=O)c3cccc(C(=O)O)c3)cc(-c3ccc(C(N)=O)cc3C(=O)O)c2)Nc2ccc(C(=N)N)cc21. The number of carboxylic acids is 2. The molecule has 0 saturated carbocycles. The number of primary amides is 1. The Morgan fingerprint density at radius 2 is 1.50 bits per heavy atom. The predicted molar refractivity (Wildman–Crippen MR) is 190 cm³/mol. The van der Waals surface area contributed by atoms with E-state index in [1.54, 1.807) is 18.2 Å². The first kappa shape index (κ1) is 33.2. The number of hydrogen-bond donors (Lipinski definition) is 7. The highest BCUT2D eigenvalue weighted by atomic mass is 16.4. The lowest BCUT2D eigenvalue weighted by Gasteiger charge is -2.42. The van der Waals surface area contributed by atoms with Crippen molar-refractivity contribution >= 4 is 41.0 Å². The molecule has 0 aromatic heterocycles. The first-order chi connectivity index (χ1) is 23.8. The highest BCUT2D eigenvalue weighted by Crippen LogP contribution is 2.49. The number of amides is 2. The van der Waals surface area contributed by atoms with Crippen LogP contribution < -0.4 is 22.1 Å². The number of benzene rings is 5. The van der Waals surface area contributed by atoms with E-state index in [0.717, 1.165) is 22.4 Å². The van der Waals surface area contributed by atoms with E-state index in [1.165, 1.54) is 42.5 Å². The fourth-order valence-electron chi connectivity index (χ4n) is 6.54. The van der Waals surface area contributed by atoms with Crippen molar-refractivity contribution in [3.63, 3.8) is 0 Å². The minimum Gasteiger partial charge on any atom is -0.478 e. The van der Waals surface area contributed by atoms with Crippen molar-refractivity contribution < 1.29 is 29.4 Å². The number of carbonyl (C=O) groups excluding carboxylic acids is 2. The number of nitrogen functional groups attached to an aromatic ring is 1. The molecule has 9 N–H and O–H groups in total. The van der Waals surface area contributed by atoms with Crippen LogP contribution in [0.15, 0.2) is 109 Å². The third kappa shape index (κ3) is 6.39. The van der Waals surface area contributed by atoms with E-state index >= 15 is 0 Å². The molecule has 0 fully saturated rings. The molecule has 50 heavy (non-hydrogen) atoms. The lowest BCUT2D eigenvalue weighted by molar-refractivity contribution is 0.0686. The highest BCUT2D eigenvalue weighted by molar-refractivity contribution is 6.06. The maximum Gasteiger partial charge on any atom is 0.336 e. The molecule has 250 valence electrons. The average molecular weight is 668 g/mol. The molecule has 5 aromatic carbocycles. The summed E-state index contributed by atoms with van der Waals surface area (Å²) in [6.45, 7) is 2.12. The molecule has 0 spiro atoms. The van der Waals surface area contributed by atoms with Crippen molar-refractivity contribution in [2.24, 2.45) is 11.5 Å². The van der Waals surface area contributed by atoms with Crippen LogP contribution in [0.2, 0.25) is 0 Å². The third-order valence-corrected chi connectivity index (χ3v) is 9.11. The molecule has 1 aliphatic rings. The van der Waals surface area contributed by atoms with E-state index in [4.69, 9.17) is 16.9 Å². The van der Waals surface area contributed by atoms with Crippen LogP contribution in [0.25, 0.3) is 11.1 Å². The Morgan fingerprint density at radius 1 is 0.780 bits per heavy atom. The molecule has 0 aliphatic carbocycles. The molecule has 1 heterocycles. The van der Waals surface area contributed by atoms with E-state index in [2.05, 4.69) is 17.6 Å². The van der Waals surface area contributed by atoms with Gasteiger partial charge in [-0.15, -0.1) is 0 Å². The number of anilines is 2. The number of nitrogens with two attached hydrogens (primary N) is 2. The van der Waals surface area contributed by atoms with Crippen LogP contribution in [0.5, 0.6) is 0 Å². The van der Waals surface area contributed by atoms with E-state index in [0.29, 0.717) is 28.8 Å². The molecule has 5 aromatic rings. The number of fused-ring (bicyclic) bond motifs is 1. The zero-order valence-corrected chi connectivity index (χ0v) is 26.9. The summed E-state index contributed by atoms with van der Waals surface area (Å²) < 4.78 is 0. The van der Waals surface area contributed by atoms with Gasteiger partial charge < -0.3 is 32.3 Å². The number of carboxylic acid groups (broad SMARTS) is 2. The van der Waals surface area contributed by atoms with Crippen molar-refractivity contribution in [1.29, 1.82) is 5.41 Å². The summed E-state index contributed by atoms with van der Waals surface area (Å²) in [5.41, 5.74) is 15.9. The Bertz CT molecular complexity index is 2220. The number of amidine groups is 1. The van der Waals surface area contributed by atoms with Gasteiger partial charge in [0.25, 0.3) is 5.91 Å². The van der Waals surface area contributed by atoms with Crippen molar-refractivity contribution in [2.45, 2.75) is 24.8 Å². The number of nitrogens with one attached hydrogen (secondary N) is 3. The van der Waals surface area contributed by atoms with Gasteiger partial charge in [0.15, 0.2) is 0 Å². The summed E-state index contributed by atoms with van der Waals surface area (Å²) in [6, 6.07) is 30.2. The van der Waals surface area contributed by atoms with Crippen LogP contribution in [0.3, 0.4) is 0 Å². The van der Waals surface area contributed by atoms with Crippen molar-refractivity contribution in [1.82, 2.24) is 0 Å². The summed E-state index contributed by atoms with van der Waals surface area (Å²) in [4.78, 5) is 49.4. The fourth-order valence-corrected chi connectivity index (χ4v) is 6.54. The standard InChI is InChI=1S/C39H33N5O6/c1-39(27-8-3-2-4-9-27)20-33(44-32-13-11-21(34(40)41)19-31(32)39)26-15-25(29-12-10-22(35(42)45)18-30(29)38(49)50)16-28(17-26)43-36(46)23-6-5-7-24(14-23)37(47)48/h2-19,33,44H,20H2,1H3,(H3,40,41)(H2,42,45)(H,43,46)(H,47,48)(H,49,50). The minimum atomic E-state index is -1.27. The molecule has 1 aliphatic heterocycles. The van der Waals surface area contributed by atoms with Gasteiger partial charge >= 0.3 is 11.9 Å². The number of rotatable bonds is 9. The van der Waals surface area contributed by atoms with E-state index in [-0.39, 0.29) is 34.1 Å². The Hall–Kier alpha value is -6.75. The lowest BCUT2D eigenvalue weighted by atomic mass is 9.68. The molecular formula is C39H33N5O6. The molecule has 0 saturated heterocycles. The Kier molecular flexibility index (Phi) is 8.65. The zero-order chi connectivity index (χ0) is 35.7. The Balaban J connectivity index is 1.51. The molecule has 2 atom stereocenters. The first-order valence-electron chi connectivity index (χ1n) is 15.6.